The molecule has 3 atom stereocenters. The van der Waals surface area contributed by atoms with Crippen LogP contribution in [0.25, 0.3) is 0 Å². The zero-order valence-corrected chi connectivity index (χ0v) is 35.7. The molecule has 0 spiro atoms. The third-order valence-corrected chi connectivity index (χ3v) is 11.0. The summed E-state index contributed by atoms with van der Waals surface area (Å²) in [6, 6.07) is -0.862. The fourth-order valence-electron chi connectivity index (χ4n) is 6.60. The van der Waals surface area contributed by atoms with E-state index in [1.54, 1.807) is 6.08 Å². The summed E-state index contributed by atoms with van der Waals surface area (Å²) >= 11 is 0. The third kappa shape index (κ3) is 39.0. The number of amides is 1. The Balaban J connectivity index is 4.18. The Hall–Kier alpha value is -1.02. The van der Waals surface area contributed by atoms with Crippen molar-refractivity contribution < 1.29 is 28.4 Å². The number of carbonyl (C=O) groups excluding carboxylic acids is 1. The van der Waals surface area contributed by atoms with Crippen LogP contribution in [0.3, 0.4) is 0 Å². The first-order chi connectivity index (χ1) is 25.9. The molecule has 8 nitrogen and oxygen atoms in total. The van der Waals surface area contributed by atoms with Crippen molar-refractivity contribution in [3.63, 3.8) is 0 Å². The van der Waals surface area contributed by atoms with E-state index >= 15 is 0 Å². The van der Waals surface area contributed by atoms with E-state index in [4.69, 9.17) is 14.8 Å². The van der Waals surface area contributed by atoms with E-state index in [2.05, 4.69) is 31.3 Å². The molecule has 0 fully saturated rings. The molecule has 0 saturated heterocycles. The van der Waals surface area contributed by atoms with Crippen molar-refractivity contribution in [3.05, 3.63) is 24.3 Å². The van der Waals surface area contributed by atoms with Gasteiger partial charge >= 0.3 is 7.82 Å². The van der Waals surface area contributed by atoms with E-state index in [1.165, 1.54) is 148 Å². The van der Waals surface area contributed by atoms with Crippen LogP contribution < -0.4 is 11.1 Å². The summed E-state index contributed by atoms with van der Waals surface area (Å²) in [4.78, 5) is 22.7. The van der Waals surface area contributed by atoms with Crippen molar-refractivity contribution in [1.82, 2.24) is 5.32 Å². The van der Waals surface area contributed by atoms with Crippen molar-refractivity contribution in [1.29, 1.82) is 0 Å². The lowest BCUT2D eigenvalue weighted by molar-refractivity contribution is -0.123. The van der Waals surface area contributed by atoms with Crippen LogP contribution in [-0.2, 0) is 18.4 Å². The lowest BCUT2D eigenvalue weighted by Crippen LogP contribution is -2.45. The molecule has 9 heteroatoms. The summed E-state index contributed by atoms with van der Waals surface area (Å²) in [5.74, 6) is -0.202. The molecule has 0 rings (SSSR count). The molecule has 0 saturated carbocycles. The Labute approximate surface area is 327 Å². The second-order valence-electron chi connectivity index (χ2n) is 15.3. The number of allylic oxidation sites excluding steroid dienone is 3. The number of nitrogens with two attached hydrogens (primary N) is 1. The molecule has 53 heavy (non-hydrogen) atoms. The third-order valence-electron chi connectivity index (χ3n) is 10.0. The summed E-state index contributed by atoms with van der Waals surface area (Å²) in [7, 11) is -4.34. The fourth-order valence-corrected chi connectivity index (χ4v) is 7.36. The zero-order chi connectivity index (χ0) is 38.9. The first-order valence-electron chi connectivity index (χ1n) is 22.5. The maximum Gasteiger partial charge on any atom is 0.472 e. The van der Waals surface area contributed by atoms with Crippen LogP contribution in [0.2, 0.25) is 0 Å². The number of phosphoric acid groups is 1. The standard InChI is InChI=1S/C44H87N2O6P/c1-3-5-7-9-11-13-15-17-19-20-21-22-23-24-25-27-29-31-33-35-37-43(47)42(41-52-53(49,50)51-40-39-45)46-44(48)38-36-34-32-30-28-26-18-16-14-12-10-8-6-4-2/h16,18,35,37,42-43,47H,3-15,17,19-34,36,38-41,45H2,1-2H3,(H,46,48)(H,49,50)/b18-16-,37-35+. The normalized spacial score (nSPS) is 14.3. The van der Waals surface area contributed by atoms with Crippen molar-refractivity contribution in [3.8, 4) is 0 Å². The Kier molecular flexibility index (Phi) is 39.9. The van der Waals surface area contributed by atoms with Crippen LogP contribution in [0.5, 0.6) is 0 Å². The quantitative estimate of drug-likeness (QED) is 0.0276. The van der Waals surface area contributed by atoms with Gasteiger partial charge in [0.2, 0.25) is 5.91 Å². The molecule has 0 aromatic heterocycles. The molecular weight excluding hydrogens is 683 g/mol. The van der Waals surface area contributed by atoms with Crippen LogP contribution in [-0.4, -0.2) is 47.8 Å². The fraction of sp³-hybridized carbons (Fsp3) is 0.886. The number of phosphoric ester groups is 1. The molecule has 0 aliphatic rings. The lowest BCUT2D eigenvalue weighted by Gasteiger charge is -2.23. The van der Waals surface area contributed by atoms with E-state index < -0.39 is 20.0 Å². The van der Waals surface area contributed by atoms with Crippen molar-refractivity contribution in [2.24, 2.45) is 5.73 Å². The van der Waals surface area contributed by atoms with Gasteiger partial charge in [0, 0.05) is 13.0 Å². The highest BCUT2D eigenvalue weighted by Crippen LogP contribution is 2.43. The Bertz CT molecular complexity index is 886. The molecule has 314 valence electrons. The molecule has 0 aromatic carbocycles. The van der Waals surface area contributed by atoms with Crippen LogP contribution >= 0.6 is 7.82 Å². The molecule has 0 bridgehead atoms. The summed E-state index contributed by atoms with van der Waals surface area (Å²) in [5, 5.41) is 13.7. The van der Waals surface area contributed by atoms with Crippen LogP contribution in [0.15, 0.2) is 24.3 Å². The van der Waals surface area contributed by atoms with E-state index in [0.717, 1.165) is 51.4 Å². The van der Waals surface area contributed by atoms with Gasteiger partial charge in [-0.1, -0.05) is 192 Å². The van der Waals surface area contributed by atoms with Gasteiger partial charge in [-0.25, -0.2) is 4.57 Å². The average Bonchev–Trinajstić information content (AvgIpc) is 3.14. The van der Waals surface area contributed by atoms with E-state index in [1.807, 2.05) is 6.08 Å². The van der Waals surface area contributed by atoms with Gasteiger partial charge in [-0.15, -0.1) is 0 Å². The molecule has 0 aliphatic carbocycles. The molecule has 0 radical (unpaired) electrons. The molecule has 0 heterocycles. The van der Waals surface area contributed by atoms with Crippen molar-refractivity contribution >= 4 is 13.7 Å². The number of nitrogens with one attached hydrogen (secondary N) is 1. The molecular formula is C44H87N2O6P. The van der Waals surface area contributed by atoms with Gasteiger partial charge < -0.3 is 21.1 Å². The SMILES string of the molecule is CCCCCCC/C=C\CCCCCCCC(=O)NC(COP(=O)(O)OCCN)C(O)/C=C/CCCCCCCCCCCCCCCCCCCC. The monoisotopic (exact) mass is 771 g/mol. The predicted octanol–water partition coefficient (Wildman–Crippen LogP) is 12.6. The van der Waals surface area contributed by atoms with Crippen molar-refractivity contribution in [2.75, 3.05) is 19.8 Å². The highest BCUT2D eigenvalue weighted by atomic mass is 31.2. The first-order valence-corrected chi connectivity index (χ1v) is 24.0. The van der Waals surface area contributed by atoms with Gasteiger partial charge in [0.15, 0.2) is 0 Å². The number of unbranched alkanes of at least 4 members (excludes halogenated alkanes) is 28. The minimum atomic E-state index is -4.34. The summed E-state index contributed by atoms with van der Waals surface area (Å²) in [6.07, 6.45) is 46.5. The maximum atomic E-state index is 12.7. The van der Waals surface area contributed by atoms with Gasteiger partial charge in [-0.2, -0.15) is 0 Å². The summed E-state index contributed by atoms with van der Waals surface area (Å²) < 4.78 is 22.1. The number of hydrogen-bond acceptors (Lipinski definition) is 6. The number of hydrogen-bond donors (Lipinski definition) is 4. The topological polar surface area (TPSA) is 131 Å². The second kappa shape index (κ2) is 40.6. The van der Waals surface area contributed by atoms with E-state index in [-0.39, 0.29) is 25.7 Å². The second-order valence-corrected chi connectivity index (χ2v) is 16.7. The van der Waals surface area contributed by atoms with Gasteiger partial charge in [-0.3, -0.25) is 13.8 Å². The molecule has 0 aromatic rings. The van der Waals surface area contributed by atoms with E-state index in [9.17, 15) is 19.4 Å². The van der Waals surface area contributed by atoms with Gasteiger partial charge in [-0.05, 0) is 44.9 Å². The number of aliphatic hydroxyl groups is 1. The summed E-state index contributed by atoms with van der Waals surface area (Å²) in [5.41, 5.74) is 5.37. The van der Waals surface area contributed by atoms with Gasteiger partial charge in [0.25, 0.3) is 0 Å². The smallest absolute Gasteiger partial charge is 0.387 e. The largest absolute Gasteiger partial charge is 0.472 e. The highest BCUT2D eigenvalue weighted by molar-refractivity contribution is 7.47. The zero-order valence-electron chi connectivity index (χ0n) is 34.8. The number of rotatable bonds is 42. The minimum Gasteiger partial charge on any atom is -0.387 e. The predicted molar refractivity (Wildman–Crippen MR) is 226 cm³/mol. The van der Waals surface area contributed by atoms with Crippen LogP contribution in [0.1, 0.15) is 219 Å². The minimum absolute atomic E-state index is 0.0781. The van der Waals surface area contributed by atoms with Gasteiger partial charge in [0.1, 0.15) is 0 Å². The van der Waals surface area contributed by atoms with Gasteiger partial charge in [0.05, 0.1) is 25.4 Å². The Morgan fingerprint density at radius 3 is 1.40 bits per heavy atom. The van der Waals surface area contributed by atoms with Crippen molar-refractivity contribution in [2.45, 2.75) is 231 Å². The average molecular weight is 771 g/mol. The summed E-state index contributed by atoms with van der Waals surface area (Å²) in [6.45, 7) is 4.13. The van der Waals surface area contributed by atoms with Crippen LogP contribution in [0.4, 0.5) is 0 Å². The number of carbonyl (C=O) groups is 1. The molecule has 0 aliphatic heterocycles. The van der Waals surface area contributed by atoms with E-state index in [0.29, 0.717) is 6.42 Å². The molecule has 1 amide bonds. The maximum absolute atomic E-state index is 12.7. The first kappa shape index (κ1) is 52.0. The highest BCUT2D eigenvalue weighted by Gasteiger charge is 2.26. The molecule has 3 unspecified atom stereocenters. The van der Waals surface area contributed by atoms with Crippen LogP contribution in [0, 0.1) is 0 Å². The molecule has 5 N–H and O–H groups in total. The Morgan fingerprint density at radius 2 is 0.981 bits per heavy atom. The lowest BCUT2D eigenvalue weighted by atomic mass is 10.0. The number of aliphatic hydroxyl groups excluding tert-OH is 1. The Morgan fingerprint density at radius 1 is 0.604 bits per heavy atom.